The minimum absolute atomic E-state index is 0.168. The van der Waals surface area contributed by atoms with E-state index in [0.717, 1.165) is 23.9 Å². The third-order valence-electron chi connectivity index (χ3n) is 3.38. The van der Waals surface area contributed by atoms with Gasteiger partial charge in [0.15, 0.2) is 0 Å². The zero-order valence-corrected chi connectivity index (χ0v) is 14.1. The zero-order valence-electron chi connectivity index (χ0n) is 14.1. The van der Waals surface area contributed by atoms with Gasteiger partial charge in [-0.2, -0.15) is 0 Å². The summed E-state index contributed by atoms with van der Waals surface area (Å²) in [5.74, 6) is 2.22. The highest BCUT2D eigenvalue weighted by Gasteiger charge is 2.12. The van der Waals surface area contributed by atoms with E-state index < -0.39 is 0 Å². The molecule has 0 aliphatic rings. The van der Waals surface area contributed by atoms with Gasteiger partial charge in [-0.05, 0) is 29.0 Å². The number of aromatic nitrogens is 2. The molecule has 22 heavy (non-hydrogen) atoms. The van der Waals surface area contributed by atoms with Crippen LogP contribution in [0, 0.1) is 5.92 Å². The molecule has 2 rings (SSSR count). The molecule has 0 aliphatic heterocycles. The van der Waals surface area contributed by atoms with Crippen LogP contribution in [-0.2, 0) is 5.41 Å². The summed E-state index contributed by atoms with van der Waals surface area (Å²) < 4.78 is 0. The summed E-state index contributed by atoms with van der Waals surface area (Å²) >= 11 is 0. The lowest BCUT2D eigenvalue weighted by Gasteiger charge is -2.19. The Morgan fingerprint density at radius 1 is 1.00 bits per heavy atom. The molecule has 0 bridgehead atoms. The Kier molecular flexibility index (Phi) is 5.01. The number of nitrogens with one attached hydrogen (secondary N) is 2. The second kappa shape index (κ2) is 6.77. The third-order valence-corrected chi connectivity index (χ3v) is 3.38. The van der Waals surface area contributed by atoms with E-state index in [1.54, 1.807) is 6.33 Å². The second-order valence-corrected chi connectivity index (χ2v) is 7.02. The quantitative estimate of drug-likeness (QED) is 0.848. The van der Waals surface area contributed by atoms with Crippen molar-refractivity contribution in [3.8, 4) is 0 Å². The normalized spacial score (nSPS) is 11.5. The lowest BCUT2D eigenvalue weighted by atomic mass is 9.87. The Labute approximate surface area is 133 Å². The Hall–Kier alpha value is -2.10. The molecule has 2 aromatic rings. The third kappa shape index (κ3) is 4.72. The van der Waals surface area contributed by atoms with Gasteiger partial charge in [-0.1, -0.05) is 46.8 Å². The van der Waals surface area contributed by atoms with E-state index in [1.165, 1.54) is 5.56 Å². The smallest absolute Gasteiger partial charge is 0.135 e. The van der Waals surface area contributed by atoms with Crippen molar-refractivity contribution < 1.29 is 0 Å². The van der Waals surface area contributed by atoms with Crippen molar-refractivity contribution in [3.05, 3.63) is 42.2 Å². The van der Waals surface area contributed by atoms with Crippen molar-refractivity contribution >= 4 is 17.3 Å². The van der Waals surface area contributed by atoms with Crippen molar-refractivity contribution in [2.45, 2.75) is 40.0 Å². The molecular formula is C18H26N4. The van der Waals surface area contributed by atoms with Crippen LogP contribution in [0.1, 0.15) is 40.2 Å². The van der Waals surface area contributed by atoms with Gasteiger partial charge in [0.25, 0.3) is 0 Å². The summed E-state index contributed by atoms with van der Waals surface area (Å²) in [4.78, 5) is 8.51. The molecule has 0 aliphatic carbocycles. The topological polar surface area (TPSA) is 49.8 Å². The van der Waals surface area contributed by atoms with E-state index >= 15 is 0 Å². The Morgan fingerprint density at radius 2 is 1.64 bits per heavy atom. The van der Waals surface area contributed by atoms with Crippen molar-refractivity contribution in [1.82, 2.24) is 9.97 Å². The van der Waals surface area contributed by atoms with E-state index in [9.17, 15) is 0 Å². The first kappa shape index (κ1) is 16.3. The van der Waals surface area contributed by atoms with Crippen molar-refractivity contribution in [3.63, 3.8) is 0 Å². The lowest BCUT2D eigenvalue weighted by Crippen LogP contribution is -2.11. The minimum atomic E-state index is 0.168. The van der Waals surface area contributed by atoms with Gasteiger partial charge >= 0.3 is 0 Å². The molecule has 118 valence electrons. The largest absolute Gasteiger partial charge is 0.370 e. The number of rotatable bonds is 5. The fourth-order valence-electron chi connectivity index (χ4n) is 2.03. The van der Waals surface area contributed by atoms with Crippen molar-refractivity contribution in [2.24, 2.45) is 5.92 Å². The van der Waals surface area contributed by atoms with Gasteiger partial charge in [-0.25, -0.2) is 9.97 Å². The number of anilines is 3. The summed E-state index contributed by atoms with van der Waals surface area (Å²) in [6.45, 7) is 11.9. The molecule has 0 spiro atoms. The standard InChI is InChI=1S/C18H26N4/c1-13(2)11-19-16-10-17(21-12-20-16)22-15-8-6-14(7-9-15)18(3,4)5/h6-10,12-13H,11H2,1-5H3,(H2,19,20,21,22). The van der Waals surface area contributed by atoms with Gasteiger partial charge in [0.2, 0.25) is 0 Å². The van der Waals surface area contributed by atoms with E-state index in [4.69, 9.17) is 0 Å². The fourth-order valence-corrected chi connectivity index (χ4v) is 2.03. The highest BCUT2D eigenvalue weighted by Crippen LogP contribution is 2.24. The van der Waals surface area contributed by atoms with Crippen LogP contribution < -0.4 is 10.6 Å². The Bertz CT molecular complexity index is 597. The Balaban J connectivity index is 2.05. The van der Waals surface area contributed by atoms with Gasteiger partial charge in [0.1, 0.15) is 18.0 Å². The average molecular weight is 298 g/mol. The molecule has 4 heteroatoms. The Morgan fingerprint density at radius 3 is 2.23 bits per heavy atom. The number of hydrogen-bond acceptors (Lipinski definition) is 4. The highest BCUT2D eigenvalue weighted by molar-refractivity contribution is 5.59. The van der Waals surface area contributed by atoms with Crippen LogP contribution >= 0.6 is 0 Å². The molecule has 0 unspecified atom stereocenters. The minimum Gasteiger partial charge on any atom is -0.370 e. The fraction of sp³-hybridized carbons (Fsp3) is 0.444. The number of benzene rings is 1. The molecule has 1 heterocycles. The summed E-state index contributed by atoms with van der Waals surface area (Å²) in [6.07, 6.45) is 1.58. The molecule has 0 radical (unpaired) electrons. The molecule has 1 aromatic heterocycles. The van der Waals surface area contributed by atoms with Gasteiger partial charge in [0, 0.05) is 18.3 Å². The molecule has 0 atom stereocenters. The predicted molar refractivity (Wildman–Crippen MR) is 93.8 cm³/mol. The van der Waals surface area contributed by atoms with E-state index in [-0.39, 0.29) is 5.41 Å². The zero-order chi connectivity index (χ0) is 16.2. The second-order valence-electron chi connectivity index (χ2n) is 7.02. The molecule has 0 amide bonds. The maximum atomic E-state index is 4.27. The monoisotopic (exact) mass is 298 g/mol. The first-order valence-corrected chi connectivity index (χ1v) is 7.78. The maximum Gasteiger partial charge on any atom is 0.135 e. The average Bonchev–Trinajstić information content (AvgIpc) is 2.45. The van der Waals surface area contributed by atoms with E-state index in [2.05, 4.69) is 79.5 Å². The lowest BCUT2D eigenvalue weighted by molar-refractivity contribution is 0.590. The predicted octanol–water partition coefficient (Wildman–Crippen LogP) is 4.59. The SMILES string of the molecule is CC(C)CNc1cc(Nc2ccc(C(C)(C)C)cc2)ncn1. The molecular weight excluding hydrogens is 272 g/mol. The van der Waals surface area contributed by atoms with Crippen molar-refractivity contribution in [1.29, 1.82) is 0 Å². The molecule has 4 nitrogen and oxygen atoms in total. The van der Waals surface area contributed by atoms with Crippen LogP contribution in [0.4, 0.5) is 17.3 Å². The van der Waals surface area contributed by atoms with Gasteiger partial charge in [0.05, 0.1) is 0 Å². The summed E-state index contributed by atoms with van der Waals surface area (Å²) in [5.41, 5.74) is 2.52. The van der Waals surface area contributed by atoms with Gasteiger partial charge < -0.3 is 10.6 Å². The molecule has 0 saturated carbocycles. The summed E-state index contributed by atoms with van der Waals surface area (Å²) in [6, 6.07) is 10.4. The van der Waals surface area contributed by atoms with E-state index in [1.807, 2.05) is 6.07 Å². The summed E-state index contributed by atoms with van der Waals surface area (Å²) in [7, 11) is 0. The number of hydrogen-bond donors (Lipinski definition) is 2. The highest BCUT2D eigenvalue weighted by atomic mass is 15.1. The summed E-state index contributed by atoms with van der Waals surface area (Å²) in [5, 5.41) is 6.63. The molecule has 0 saturated heterocycles. The van der Waals surface area contributed by atoms with Crippen LogP contribution in [0.3, 0.4) is 0 Å². The van der Waals surface area contributed by atoms with Crippen LogP contribution in [-0.4, -0.2) is 16.5 Å². The first-order valence-electron chi connectivity index (χ1n) is 7.78. The molecule has 0 fully saturated rings. The van der Waals surface area contributed by atoms with Crippen molar-refractivity contribution in [2.75, 3.05) is 17.2 Å². The first-order chi connectivity index (χ1) is 10.3. The van der Waals surface area contributed by atoms with E-state index in [0.29, 0.717) is 5.92 Å². The van der Waals surface area contributed by atoms with Crippen LogP contribution in [0.2, 0.25) is 0 Å². The molecule has 2 N–H and O–H groups in total. The number of nitrogens with zero attached hydrogens (tertiary/aromatic N) is 2. The molecule has 1 aromatic carbocycles. The van der Waals surface area contributed by atoms with Crippen LogP contribution in [0.25, 0.3) is 0 Å². The van der Waals surface area contributed by atoms with Gasteiger partial charge in [-0.3, -0.25) is 0 Å². The van der Waals surface area contributed by atoms with Gasteiger partial charge in [-0.15, -0.1) is 0 Å². The van der Waals surface area contributed by atoms with Crippen LogP contribution in [0.5, 0.6) is 0 Å². The van der Waals surface area contributed by atoms with Crippen LogP contribution in [0.15, 0.2) is 36.7 Å². The maximum absolute atomic E-state index is 4.27.